The van der Waals surface area contributed by atoms with Crippen molar-refractivity contribution in [3.05, 3.63) is 45.9 Å². The Kier molecular flexibility index (Phi) is 5.30. The van der Waals surface area contributed by atoms with Gasteiger partial charge in [0.25, 0.3) is 0 Å². The molecule has 0 unspecified atom stereocenters. The molecule has 2 N–H and O–H groups in total. The van der Waals surface area contributed by atoms with Crippen molar-refractivity contribution in [2.75, 3.05) is 5.32 Å². The first kappa shape index (κ1) is 15.5. The highest BCUT2D eigenvalue weighted by atomic mass is 35.5. The molecule has 5 nitrogen and oxygen atoms in total. The number of thiazole rings is 1. The number of amides is 2. The first-order valence-corrected chi connectivity index (χ1v) is 7.52. The lowest BCUT2D eigenvalue weighted by Crippen LogP contribution is -2.24. The van der Waals surface area contributed by atoms with Crippen molar-refractivity contribution in [2.24, 2.45) is 0 Å². The average Bonchev–Trinajstić information content (AvgIpc) is 2.84. The summed E-state index contributed by atoms with van der Waals surface area (Å²) in [5.41, 5.74) is 1.49. The van der Waals surface area contributed by atoms with Gasteiger partial charge in [-0.3, -0.25) is 9.59 Å². The number of hydrogen-bond acceptors (Lipinski definition) is 4. The molecule has 0 bridgehead atoms. The zero-order chi connectivity index (χ0) is 15.2. The number of nitrogens with one attached hydrogen (secondary N) is 2. The summed E-state index contributed by atoms with van der Waals surface area (Å²) in [6, 6.07) is 7.35. The molecule has 0 aliphatic heterocycles. The summed E-state index contributed by atoms with van der Waals surface area (Å²) < 4.78 is 0. The number of carbonyl (C=O) groups excluding carboxylic acids is 2. The van der Waals surface area contributed by atoms with Gasteiger partial charge in [0, 0.05) is 23.9 Å². The molecular weight excluding hydrogens is 310 g/mol. The van der Waals surface area contributed by atoms with Crippen LogP contribution < -0.4 is 10.6 Å². The zero-order valence-electron chi connectivity index (χ0n) is 11.4. The lowest BCUT2D eigenvalue weighted by atomic mass is 10.2. The molecule has 2 rings (SSSR count). The molecule has 1 aromatic heterocycles. The van der Waals surface area contributed by atoms with E-state index in [4.69, 9.17) is 11.6 Å². The van der Waals surface area contributed by atoms with Crippen LogP contribution in [0, 0.1) is 0 Å². The Bertz CT molecular complexity index is 657. The Hall–Kier alpha value is -1.92. The number of aromatic nitrogens is 1. The number of benzene rings is 1. The fourth-order valence-corrected chi connectivity index (χ4v) is 2.62. The Balaban J connectivity index is 1.86. The van der Waals surface area contributed by atoms with E-state index in [2.05, 4.69) is 15.6 Å². The number of anilines is 1. The SMILES string of the molecule is CC(=O)Nc1nc(CC(=O)NCc2ccccc2Cl)cs1. The normalized spacial score (nSPS) is 10.2. The molecule has 0 aliphatic carbocycles. The van der Waals surface area contributed by atoms with E-state index in [9.17, 15) is 9.59 Å². The molecule has 2 amide bonds. The third-order valence-corrected chi connectivity index (χ3v) is 3.79. The van der Waals surface area contributed by atoms with Crippen molar-refractivity contribution in [3.8, 4) is 0 Å². The molecule has 0 atom stereocenters. The maximum atomic E-state index is 11.9. The number of carbonyl (C=O) groups is 2. The van der Waals surface area contributed by atoms with E-state index in [1.54, 1.807) is 11.4 Å². The van der Waals surface area contributed by atoms with Gasteiger partial charge in [0.2, 0.25) is 11.8 Å². The van der Waals surface area contributed by atoms with Gasteiger partial charge >= 0.3 is 0 Å². The van der Waals surface area contributed by atoms with Crippen LogP contribution in [0.4, 0.5) is 5.13 Å². The van der Waals surface area contributed by atoms with E-state index in [-0.39, 0.29) is 18.2 Å². The zero-order valence-corrected chi connectivity index (χ0v) is 12.9. The molecule has 0 aliphatic rings. The standard InChI is InChI=1S/C14H14ClN3O2S/c1-9(19)17-14-18-11(8-21-14)6-13(20)16-7-10-4-2-3-5-12(10)15/h2-5,8H,6-7H2,1H3,(H,16,20)(H,17,18,19). The summed E-state index contributed by atoms with van der Waals surface area (Å²) in [5.74, 6) is -0.325. The Labute approximate surface area is 131 Å². The van der Waals surface area contributed by atoms with Crippen LogP contribution in [0.5, 0.6) is 0 Å². The van der Waals surface area contributed by atoms with Crippen LogP contribution in [-0.4, -0.2) is 16.8 Å². The molecule has 2 aromatic rings. The number of nitrogens with zero attached hydrogens (tertiary/aromatic N) is 1. The van der Waals surface area contributed by atoms with Crippen molar-refractivity contribution < 1.29 is 9.59 Å². The monoisotopic (exact) mass is 323 g/mol. The van der Waals surface area contributed by atoms with E-state index in [1.165, 1.54) is 18.3 Å². The molecule has 0 fully saturated rings. The second-order valence-corrected chi connectivity index (χ2v) is 5.64. The van der Waals surface area contributed by atoms with E-state index < -0.39 is 0 Å². The van der Waals surface area contributed by atoms with Crippen molar-refractivity contribution in [1.82, 2.24) is 10.3 Å². The van der Waals surface area contributed by atoms with Crippen molar-refractivity contribution >= 4 is 39.9 Å². The summed E-state index contributed by atoms with van der Waals surface area (Å²) in [7, 11) is 0. The van der Waals surface area contributed by atoms with Gasteiger partial charge in [-0.05, 0) is 11.6 Å². The highest BCUT2D eigenvalue weighted by Crippen LogP contribution is 2.16. The Morgan fingerprint density at radius 1 is 1.33 bits per heavy atom. The Morgan fingerprint density at radius 3 is 2.81 bits per heavy atom. The third kappa shape index (κ3) is 4.84. The maximum absolute atomic E-state index is 11.9. The van der Waals surface area contributed by atoms with Gasteiger partial charge in [-0.15, -0.1) is 11.3 Å². The van der Waals surface area contributed by atoms with Gasteiger partial charge in [-0.1, -0.05) is 29.8 Å². The van der Waals surface area contributed by atoms with Gasteiger partial charge in [0.15, 0.2) is 5.13 Å². The largest absolute Gasteiger partial charge is 0.352 e. The van der Waals surface area contributed by atoms with Crippen LogP contribution in [0.2, 0.25) is 5.02 Å². The summed E-state index contributed by atoms with van der Waals surface area (Å²) in [5, 5.41) is 8.25. The lowest BCUT2D eigenvalue weighted by Gasteiger charge is -2.05. The number of rotatable bonds is 5. The molecule has 21 heavy (non-hydrogen) atoms. The van der Waals surface area contributed by atoms with E-state index in [1.807, 2.05) is 18.2 Å². The predicted molar refractivity (Wildman–Crippen MR) is 83.4 cm³/mol. The van der Waals surface area contributed by atoms with Gasteiger partial charge in [0.05, 0.1) is 12.1 Å². The molecule has 7 heteroatoms. The van der Waals surface area contributed by atoms with Crippen LogP contribution in [0.1, 0.15) is 18.2 Å². The minimum Gasteiger partial charge on any atom is -0.352 e. The number of hydrogen-bond donors (Lipinski definition) is 2. The van der Waals surface area contributed by atoms with Crippen LogP contribution in [-0.2, 0) is 22.6 Å². The van der Waals surface area contributed by atoms with Crippen LogP contribution in [0.3, 0.4) is 0 Å². The predicted octanol–water partition coefficient (Wildman–Crippen LogP) is 2.61. The van der Waals surface area contributed by atoms with Gasteiger partial charge in [-0.2, -0.15) is 0 Å². The van der Waals surface area contributed by atoms with E-state index in [0.717, 1.165) is 5.56 Å². The summed E-state index contributed by atoms with van der Waals surface area (Å²) >= 11 is 7.31. The Morgan fingerprint density at radius 2 is 2.10 bits per heavy atom. The van der Waals surface area contributed by atoms with Gasteiger partial charge in [0.1, 0.15) is 0 Å². The second kappa shape index (κ2) is 7.19. The first-order valence-electron chi connectivity index (χ1n) is 6.26. The van der Waals surface area contributed by atoms with E-state index in [0.29, 0.717) is 22.4 Å². The van der Waals surface area contributed by atoms with Gasteiger partial charge in [-0.25, -0.2) is 4.98 Å². The molecular formula is C14H14ClN3O2S. The number of halogens is 1. The van der Waals surface area contributed by atoms with E-state index >= 15 is 0 Å². The molecule has 0 saturated carbocycles. The molecule has 0 saturated heterocycles. The minimum absolute atomic E-state index is 0.144. The van der Waals surface area contributed by atoms with Crippen molar-refractivity contribution in [1.29, 1.82) is 0 Å². The maximum Gasteiger partial charge on any atom is 0.226 e. The van der Waals surface area contributed by atoms with Crippen LogP contribution in [0.15, 0.2) is 29.6 Å². The van der Waals surface area contributed by atoms with Crippen molar-refractivity contribution in [3.63, 3.8) is 0 Å². The first-order chi connectivity index (χ1) is 10.0. The molecule has 1 heterocycles. The summed E-state index contributed by atoms with van der Waals surface area (Å²) in [6.07, 6.45) is 0.167. The fourth-order valence-electron chi connectivity index (χ4n) is 1.66. The smallest absolute Gasteiger partial charge is 0.226 e. The third-order valence-electron chi connectivity index (χ3n) is 2.61. The second-order valence-electron chi connectivity index (χ2n) is 4.37. The highest BCUT2D eigenvalue weighted by Gasteiger charge is 2.09. The van der Waals surface area contributed by atoms with Crippen LogP contribution >= 0.6 is 22.9 Å². The summed E-state index contributed by atoms with van der Waals surface area (Å²) in [4.78, 5) is 26.9. The quantitative estimate of drug-likeness (QED) is 0.888. The molecule has 0 spiro atoms. The van der Waals surface area contributed by atoms with Crippen LogP contribution in [0.25, 0.3) is 0 Å². The summed E-state index contributed by atoms with van der Waals surface area (Å²) in [6.45, 7) is 1.79. The van der Waals surface area contributed by atoms with Crippen molar-refractivity contribution in [2.45, 2.75) is 19.9 Å². The lowest BCUT2D eigenvalue weighted by molar-refractivity contribution is -0.120. The molecule has 1 aromatic carbocycles. The fraction of sp³-hybridized carbons (Fsp3) is 0.214. The molecule has 0 radical (unpaired) electrons. The molecule has 110 valence electrons. The van der Waals surface area contributed by atoms with Gasteiger partial charge < -0.3 is 10.6 Å². The topological polar surface area (TPSA) is 71.1 Å². The minimum atomic E-state index is -0.181. The highest BCUT2D eigenvalue weighted by molar-refractivity contribution is 7.13. The average molecular weight is 324 g/mol.